The molecule has 1 saturated heterocycles. The number of aryl methyl sites for hydroxylation is 1. The van der Waals surface area contributed by atoms with E-state index < -0.39 is 0 Å². The number of halogens is 1. The third-order valence-electron chi connectivity index (χ3n) is 5.37. The molecule has 0 atom stereocenters. The van der Waals surface area contributed by atoms with Gasteiger partial charge in [0.15, 0.2) is 5.96 Å². The minimum atomic E-state index is -0.183. The second-order valence-electron chi connectivity index (χ2n) is 7.57. The van der Waals surface area contributed by atoms with Crippen LogP contribution in [0.2, 0.25) is 0 Å². The lowest BCUT2D eigenvalue weighted by Crippen LogP contribution is -2.43. The number of nitrogens with zero attached hydrogens (tertiary/aromatic N) is 3. The summed E-state index contributed by atoms with van der Waals surface area (Å²) in [5.41, 5.74) is 2.21. The van der Waals surface area contributed by atoms with Crippen molar-refractivity contribution >= 4 is 17.3 Å². The lowest BCUT2D eigenvalue weighted by Gasteiger charge is -2.31. The molecule has 1 fully saturated rings. The Kier molecular flexibility index (Phi) is 8.43. The number of thiazole rings is 1. The van der Waals surface area contributed by atoms with Crippen LogP contribution in [0.1, 0.15) is 36.0 Å². The van der Waals surface area contributed by atoms with Crippen molar-refractivity contribution in [3.05, 3.63) is 51.7 Å². The van der Waals surface area contributed by atoms with Crippen LogP contribution in [0.4, 0.5) is 4.39 Å². The van der Waals surface area contributed by atoms with Crippen LogP contribution in [-0.2, 0) is 19.4 Å². The summed E-state index contributed by atoms with van der Waals surface area (Å²) >= 11 is 1.77. The van der Waals surface area contributed by atoms with Gasteiger partial charge >= 0.3 is 0 Å². The fraction of sp³-hybridized carbons (Fsp3) is 0.545. The summed E-state index contributed by atoms with van der Waals surface area (Å²) in [4.78, 5) is 11.5. The highest BCUT2D eigenvalue weighted by Crippen LogP contribution is 2.19. The molecule has 158 valence electrons. The third-order valence-corrected chi connectivity index (χ3v) is 6.41. The van der Waals surface area contributed by atoms with Gasteiger partial charge in [-0.25, -0.2) is 9.37 Å². The number of guanidine groups is 1. The number of rotatable bonds is 8. The van der Waals surface area contributed by atoms with Crippen LogP contribution in [-0.4, -0.2) is 49.1 Å². The van der Waals surface area contributed by atoms with E-state index in [1.165, 1.54) is 29.6 Å². The summed E-state index contributed by atoms with van der Waals surface area (Å²) in [7, 11) is 1.79. The first-order chi connectivity index (χ1) is 14.2. The highest BCUT2D eigenvalue weighted by Gasteiger charge is 2.20. The highest BCUT2D eigenvalue weighted by atomic mass is 32.1. The van der Waals surface area contributed by atoms with Crippen LogP contribution in [0.25, 0.3) is 0 Å². The molecule has 0 aliphatic carbocycles. The largest absolute Gasteiger partial charge is 0.356 e. The Morgan fingerprint density at radius 1 is 1.31 bits per heavy atom. The zero-order chi connectivity index (χ0) is 20.5. The zero-order valence-corrected chi connectivity index (χ0v) is 18.3. The molecule has 1 aliphatic rings. The zero-order valence-electron chi connectivity index (χ0n) is 17.5. The molecule has 0 radical (unpaired) electrons. The molecular formula is C22H32FN5S. The maximum Gasteiger partial charge on any atom is 0.190 e. The first-order valence-corrected chi connectivity index (χ1v) is 11.4. The van der Waals surface area contributed by atoms with E-state index in [0.29, 0.717) is 5.92 Å². The van der Waals surface area contributed by atoms with Crippen molar-refractivity contribution in [1.29, 1.82) is 0 Å². The number of hydrogen-bond donors (Lipinski definition) is 2. The molecule has 29 heavy (non-hydrogen) atoms. The average molecular weight is 418 g/mol. The van der Waals surface area contributed by atoms with Crippen molar-refractivity contribution in [2.45, 2.75) is 39.2 Å². The highest BCUT2D eigenvalue weighted by molar-refractivity contribution is 7.09. The molecule has 2 aromatic rings. The van der Waals surface area contributed by atoms with Gasteiger partial charge in [0.2, 0.25) is 0 Å². The van der Waals surface area contributed by atoms with Gasteiger partial charge in [0, 0.05) is 32.1 Å². The normalized spacial score (nSPS) is 16.2. The van der Waals surface area contributed by atoms with Gasteiger partial charge < -0.3 is 10.6 Å². The van der Waals surface area contributed by atoms with Gasteiger partial charge in [-0.2, -0.15) is 0 Å². The quantitative estimate of drug-likeness (QED) is 0.510. The smallest absolute Gasteiger partial charge is 0.190 e. The molecule has 1 aliphatic heterocycles. The summed E-state index contributed by atoms with van der Waals surface area (Å²) in [6.07, 6.45) is 4.18. The summed E-state index contributed by atoms with van der Waals surface area (Å²) < 4.78 is 13.3. The first-order valence-electron chi connectivity index (χ1n) is 10.5. The molecule has 3 rings (SSSR count). The maximum absolute atomic E-state index is 13.3. The van der Waals surface area contributed by atoms with E-state index in [1.807, 2.05) is 6.07 Å². The van der Waals surface area contributed by atoms with E-state index in [-0.39, 0.29) is 5.82 Å². The van der Waals surface area contributed by atoms with Crippen molar-refractivity contribution in [3.8, 4) is 0 Å². The Bertz CT molecular complexity index is 783. The molecule has 0 saturated carbocycles. The minimum absolute atomic E-state index is 0.183. The molecule has 1 aromatic carbocycles. The molecule has 5 nitrogen and oxygen atoms in total. The van der Waals surface area contributed by atoms with Crippen molar-refractivity contribution < 1.29 is 4.39 Å². The monoisotopic (exact) mass is 417 g/mol. The Morgan fingerprint density at radius 2 is 2.14 bits per heavy atom. The molecule has 0 unspecified atom stereocenters. The summed E-state index contributed by atoms with van der Waals surface area (Å²) in [5, 5.41) is 10.2. The molecule has 2 N–H and O–H groups in total. The van der Waals surface area contributed by atoms with Crippen LogP contribution in [0.15, 0.2) is 34.6 Å². The Labute approximate surface area is 177 Å². The number of likely N-dealkylation sites (tertiary alicyclic amines) is 1. The van der Waals surface area contributed by atoms with Gasteiger partial charge in [0.1, 0.15) is 5.82 Å². The second-order valence-corrected chi connectivity index (χ2v) is 8.51. The SMILES string of the molecule is CCc1nc(CN2CCC(CNC(=NC)NCCc3cccc(F)c3)CC2)cs1. The fourth-order valence-corrected chi connectivity index (χ4v) is 4.38. The van der Waals surface area contributed by atoms with E-state index in [9.17, 15) is 4.39 Å². The number of hydrogen-bond acceptors (Lipinski definition) is 4. The van der Waals surface area contributed by atoms with Crippen LogP contribution in [0.3, 0.4) is 0 Å². The topological polar surface area (TPSA) is 52.6 Å². The van der Waals surface area contributed by atoms with E-state index in [0.717, 1.165) is 57.1 Å². The molecule has 1 aromatic heterocycles. The number of aromatic nitrogens is 1. The predicted octanol–water partition coefficient (Wildman–Crippen LogP) is 3.46. The Morgan fingerprint density at radius 3 is 2.83 bits per heavy atom. The molecule has 0 bridgehead atoms. The van der Waals surface area contributed by atoms with Gasteiger partial charge in [-0.15, -0.1) is 11.3 Å². The standard InChI is InChI=1S/C22H32FN5S/c1-3-21-27-20(16-29-21)15-28-11-8-18(9-12-28)14-26-22(24-2)25-10-7-17-5-4-6-19(23)13-17/h4-6,13,16,18H,3,7-12,14-15H2,1-2H3,(H2,24,25,26). The van der Waals surface area contributed by atoms with Crippen molar-refractivity contribution in [2.24, 2.45) is 10.9 Å². The van der Waals surface area contributed by atoms with Gasteiger partial charge in [0.05, 0.1) is 10.7 Å². The van der Waals surface area contributed by atoms with Crippen LogP contribution >= 0.6 is 11.3 Å². The molecule has 2 heterocycles. The van der Waals surface area contributed by atoms with Crippen molar-refractivity contribution in [1.82, 2.24) is 20.5 Å². The van der Waals surface area contributed by atoms with Crippen LogP contribution in [0, 0.1) is 11.7 Å². The molecule has 0 amide bonds. The molecule has 7 heteroatoms. The minimum Gasteiger partial charge on any atom is -0.356 e. The van der Waals surface area contributed by atoms with Gasteiger partial charge in [-0.1, -0.05) is 19.1 Å². The molecular weight excluding hydrogens is 385 g/mol. The van der Waals surface area contributed by atoms with Gasteiger partial charge in [0.25, 0.3) is 0 Å². The van der Waals surface area contributed by atoms with Crippen molar-refractivity contribution in [2.75, 3.05) is 33.2 Å². The van der Waals surface area contributed by atoms with Gasteiger partial charge in [-0.3, -0.25) is 9.89 Å². The van der Waals surface area contributed by atoms with E-state index in [1.54, 1.807) is 30.5 Å². The fourth-order valence-electron chi connectivity index (χ4n) is 3.64. The van der Waals surface area contributed by atoms with E-state index in [4.69, 9.17) is 0 Å². The Balaban J connectivity index is 1.33. The van der Waals surface area contributed by atoms with Crippen LogP contribution < -0.4 is 10.6 Å². The van der Waals surface area contributed by atoms with Crippen LogP contribution in [0.5, 0.6) is 0 Å². The number of benzene rings is 1. The summed E-state index contributed by atoms with van der Waals surface area (Å²) in [5.74, 6) is 1.30. The predicted molar refractivity (Wildman–Crippen MR) is 119 cm³/mol. The van der Waals surface area contributed by atoms with E-state index in [2.05, 4.69) is 37.8 Å². The lowest BCUT2D eigenvalue weighted by molar-refractivity contribution is 0.176. The number of nitrogens with one attached hydrogen (secondary N) is 2. The third kappa shape index (κ3) is 7.08. The lowest BCUT2D eigenvalue weighted by atomic mass is 9.97. The maximum atomic E-state index is 13.3. The second kappa shape index (κ2) is 11.3. The number of aliphatic imine (C=N–C) groups is 1. The van der Waals surface area contributed by atoms with Gasteiger partial charge in [-0.05, 0) is 62.4 Å². The average Bonchev–Trinajstić information content (AvgIpc) is 3.19. The Hall–Kier alpha value is -1.99. The van der Waals surface area contributed by atoms with Crippen molar-refractivity contribution in [3.63, 3.8) is 0 Å². The first kappa shape index (κ1) is 21.7. The summed E-state index contributed by atoms with van der Waals surface area (Å²) in [6.45, 7) is 7.04. The van der Waals surface area contributed by atoms with E-state index >= 15 is 0 Å². The summed E-state index contributed by atoms with van der Waals surface area (Å²) in [6, 6.07) is 6.76. The molecule has 0 spiro atoms. The number of piperidine rings is 1.